The molecule has 2 saturated carbocycles. The molecule has 0 amide bonds. The molecule has 2 fully saturated rings. The third-order valence-electron chi connectivity index (χ3n) is 5.29. The predicted molar refractivity (Wildman–Crippen MR) is 83.2 cm³/mol. The zero-order chi connectivity index (χ0) is 14.7. The second-order valence-corrected chi connectivity index (χ2v) is 6.91. The summed E-state index contributed by atoms with van der Waals surface area (Å²) in [6.45, 7) is 0. The fourth-order valence-electron chi connectivity index (χ4n) is 4.17. The standard InChI is InChI=1S/C18H25NO2/c20-17(21)16(11-14-7-3-1-4-8-14)19-15-12-18(13-15)9-5-2-6-10-18/h1,3-4,7-8,15-16,19H,2,5-6,9-13H2,(H,20,21)/t16-/m1/s1. The molecule has 0 radical (unpaired) electrons. The van der Waals surface area contributed by atoms with Crippen molar-refractivity contribution in [3.63, 3.8) is 0 Å². The molecule has 21 heavy (non-hydrogen) atoms. The van der Waals surface area contributed by atoms with Gasteiger partial charge in [-0.3, -0.25) is 4.79 Å². The maximum absolute atomic E-state index is 11.5. The zero-order valence-corrected chi connectivity index (χ0v) is 12.6. The largest absolute Gasteiger partial charge is 0.480 e. The Kier molecular flexibility index (Phi) is 4.29. The molecule has 114 valence electrons. The lowest BCUT2D eigenvalue weighted by atomic mass is 9.58. The van der Waals surface area contributed by atoms with Crippen molar-refractivity contribution >= 4 is 5.97 Å². The molecule has 3 heteroatoms. The van der Waals surface area contributed by atoms with Crippen molar-refractivity contribution in [3.8, 4) is 0 Å². The normalized spacial score (nSPS) is 22.7. The van der Waals surface area contributed by atoms with Gasteiger partial charge in [-0.05, 0) is 43.1 Å². The van der Waals surface area contributed by atoms with Gasteiger partial charge in [-0.1, -0.05) is 49.6 Å². The number of carboxylic acids is 1. The molecule has 0 aliphatic heterocycles. The van der Waals surface area contributed by atoms with Gasteiger partial charge in [0.1, 0.15) is 6.04 Å². The van der Waals surface area contributed by atoms with E-state index in [1.54, 1.807) is 0 Å². The summed E-state index contributed by atoms with van der Waals surface area (Å²) < 4.78 is 0. The van der Waals surface area contributed by atoms with Gasteiger partial charge in [-0.15, -0.1) is 0 Å². The summed E-state index contributed by atoms with van der Waals surface area (Å²) in [4.78, 5) is 11.5. The van der Waals surface area contributed by atoms with Crippen LogP contribution < -0.4 is 5.32 Å². The van der Waals surface area contributed by atoms with Gasteiger partial charge in [0, 0.05) is 6.04 Å². The Bertz CT molecular complexity index is 471. The van der Waals surface area contributed by atoms with Gasteiger partial charge in [-0.25, -0.2) is 0 Å². The average molecular weight is 287 g/mol. The number of rotatable bonds is 5. The van der Waals surface area contributed by atoms with Gasteiger partial charge in [0.05, 0.1) is 0 Å². The van der Waals surface area contributed by atoms with Crippen LogP contribution >= 0.6 is 0 Å². The maximum atomic E-state index is 11.5. The minimum absolute atomic E-state index is 0.396. The number of nitrogens with one attached hydrogen (secondary N) is 1. The minimum Gasteiger partial charge on any atom is -0.480 e. The highest BCUT2D eigenvalue weighted by Crippen LogP contribution is 2.51. The molecule has 0 bridgehead atoms. The Hall–Kier alpha value is -1.35. The number of aliphatic carboxylic acids is 1. The molecule has 1 aromatic carbocycles. The predicted octanol–water partition coefficient (Wildman–Crippen LogP) is 3.38. The van der Waals surface area contributed by atoms with E-state index in [-0.39, 0.29) is 0 Å². The number of hydrogen-bond donors (Lipinski definition) is 2. The maximum Gasteiger partial charge on any atom is 0.321 e. The Morgan fingerprint density at radius 1 is 1.19 bits per heavy atom. The van der Waals surface area contributed by atoms with Crippen molar-refractivity contribution in [2.45, 2.75) is 63.5 Å². The van der Waals surface area contributed by atoms with Gasteiger partial charge in [0.25, 0.3) is 0 Å². The summed E-state index contributed by atoms with van der Waals surface area (Å²) in [7, 11) is 0. The lowest BCUT2D eigenvalue weighted by molar-refractivity contribution is -0.140. The summed E-state index contributed by atoms with van der Waals surface area (Å²) in [5.74, 6) is -0.733. The van der Waals surface area contributed by atoms with Crippen LogP contribution in [0.5, 0.6) is 0 Å². The molecular formula is C18H25NO2. The first-order valence-electron chi connectivity index (χ1n) is 8.20. The first-order chi connectivity index (χ1) is 10.2. The smallest absolute Gasteiger partial charge is 0.321 e. The minimum atomic E-state index is -0.733. The first-order valence-corrected chi connectivity index (χ1v) is 8.20. The molecule has 0 aromatic heterocycles. The van der Waals surface area contributed by atoms with Crippen molar-refractivity contribution in [2.75, 3.05) is 0 Å². The van der Waals surface area contributed by atoms with E-state index in [4.69, 9.17) is 0 Å². The van der Waals surface area contributed by atoms with Crippen LogP contribution in [-0.4, -0.2) is 23.2 Å². The summed E-state index contributed by atoms with van der Waals surface area (Å²) in [5, 5.41) is 12.8. The SMILES string of the molecule is O=C(O)[C@@H](Cc1ccccc1)NC1CC2(CCCCC2)C1. The third-order valence-corrected chi connectivity index (χ3v) is 5.29. The molecule has 1 atom stereocenters. The molecule has 1 aromatic rings. The summed E-state index contributed by atoms with van der Waals surface area (Å²) in [6, 6.07) is 9.84. The molecule has 3 nitrogen and oxygen atoms in total. The highest BCUT2D eigenvalue weighted by molar-refractivity contribution is 5.74. The van der Waals surface area contributed by atoms with Crippen molar-refractivity contribution in [2.24, 2.45) is 5.41 Å². The first kappa shape index (κ1) is 14.6. The lowest BCUT2D eigenvalue weighted by Crippen LogP contribution is -2.55. The van der Waals surface area contributed by atoms with Crippen molar-refractivity contribution in [1.82, 2.24) is 5.32 Å². The average Bonchev–Trinajstić information content (AvgIpc) is 2.47. The second-order valence-electron chi connectivity index (χ2n) is 6.91. The van der Waals surface area contributed by atoms with Crippen molar-refractivity contribution in [1.29, 1.82) is 0 Å². The molecule has 3 rings (SSSR count). The Labute approximate surface area is 126 Å². The highest BCUT2D eigenvalue weighted by atomic mass is 16.4. The molecular weight excluding hydrogens is 262 g/mol. The van der Waals surface area contributed by atoms with Crippen LogP contribution in [0.2, 0.25) is 0 Å². The van der Waals surface area contributed by atoms with Gasteiger partial charge in [0.2, 0.25) is 0 Å². The van der Waals surface area contributed by atoms with Crippen LogP contribution in [0.3, 0.4) is 0 Å². The van der Waals surface area contributed by atoms with E-state index in [0.29, 0.717) is 17.9 Å². The van der Waals surface area contributed by atoms with Crippen LogP contribution in [0, 0.1) is 5.41 Å². The third kappa shape index (κ3) is 3.46. The van der Waals surface area contributed by atoms with E-state index < -0.39 is 12.0 Å². The Morgan fingerprint density at radius 2 is 1.86 bits per heavy atom. The van der Waals surface area contributed by atoms with Gasteiger partial charge >= 0.3 is 5.97 Å². The number of benzene rings is 1. The quantitative estimate of drug-likeness (QED) is 0.873. The number of hydrogen-bond acceptors (Lipinski definition) is 2. The van der Waals surface area contributed by atoms with Crippen LogP contribution in [0.4, 0.5) is 0 Å². The second kappa shape index (κ2) is 6.18. The van der Waals surface area contributed by atoms with Crippen LogP contribution in [-0.2, 0) is 11.2 Å². The van der Waals surface area contributed by atoms with Gasteiger partial charge in [0.15, 0.2) is 0 Å². The van der Waals surface area contributed by atoms with Crippen LogP contribution in [0.1, 0.15) is 50.5 Å². The monoisotopic (exact) mass is 287 g/mol. The van der Waals surface area contributed by atoms with E-state index in [9.17, 15) is 9.90 Å². The van der Waals surface area contributed by atoms with E-state index in [1.165, 1.54) is 44.9 Å². The van der Waals surface area contributed by atoms with Gasteiger partial charge in [-0.2, -0.15) is 0 Å². The molecule has 0 saturated heterocycles. The topological polar surface area (TPSA) is 49.3 Å². The summed E-state index contributed by atoms with van der Waals surface area (Å²) in [6.07, 6.45) is 9.71. The Morgan fingerprint density at radius 3 is 2.48 bits per heavy atom. The molecule has 2 N–H and O–H groups in total. The molecule has 2 aliphatic rings. The molecule has 0 heterocycles. The van der Waals surface area contributed by atoms with Crippen LogP contribution in [0.15, 0.2) is 30.3 Å². The van der Waals surface area contributed by atoms with E-state index in [2.05, 4.69) is 5.32 Å². The molecule has 0 unspecified atom stereocenters. The fourth-order valence-corrected chi connectivity index (χ4v) is 4.17. The zero-order valence-electron chi connectivity index (χ0n) is 12.6. The molecule has 1 spiro atoms. The van der Waals surface area contributed by atoms with Crippen molar-refractivity contribution in [3.05, 3.63) is 35.9 Å². The Balaban J connectivity index is 1.53. The summed E-state index contributed by atoms with van der Waals surface area (Å²) in [5.41, 5.74) is 1.63. The highest BCUT2D eigenvalue weighted by Gasteiger charge is 2.45. The number of carbonyl (C=O) groups is 1. The van der Waals surface area contributed by atoms with Gasteiger partial charge < -0.3 is 10.4 Å². The van der Waals surface area contributed by atoms with E-state index in [1.807, 2.05) is 30.3 Å². The van der Waals surface area contributed by atoms with E-state index in [0.717, 1.165) is 5.56 Å². The van der Waals surface area contributed by atoms with E-state index >= 15 is 0 Å². The van der Waals surface area contributed by atoms with Crippen LogP contribution in [0.25, 0.3) is 0 Å². The number of carboxylic acid groups (broad SMARTS) is 1. The fraction of sp³-hybridized carbons (Fsp3) is 0.611. The van der Waals surface area contributed by atoms with Crippen molar-refractivity contribution < 1.29 is 9.90 Å². The summed E-state index contributed by atoms with van der Waals surface area (Å²) >= 11 is 0. The lowest BCUT2D eigenvalue weighted by Gasteiger charge is -2.51. The molecule has 2 aliphatic carbocycles.